The summed E-state index contributed by atoms with van der Waals surface area (Å²) >= 11 is 0. The Morgan fingerprint density at radius 2 is 1.39 bits per heavy atom. The molecule has 158 valence electrons. The van der Waals surface area contributed by atoms with E-state index in [4.69, 9.17) is 0 Å². The molecule has 3 rings (SSSR count). The topological polar surface area (TPSA) is 60.9 Å². The second-order valence-electron chi connectivity index (χ2n) is 8.63. The fraction of sp³-hybridized carbons (Fsp3) is 0.864. The highest BCUT2D eigenvalue weighted by Gasteiger charge is 2.40. The van der Waals surface area contributed by atoms with E-state index in [-0.39, 0.29) is 35.6 Å². The van der Waals surface area contributed by atoms with Gasteiger partial charge in [0, 0.05) is 44.6 Å². The van der Waals surface area contributed by atoms with Crippen LogP contribution in [0.3, 0.4) is 0 Å². The molecule has 1 saturated carbocycles. The van der Waals surface area contributed by atoms with Crippen LogP contribution in [-0.4, -0.2) is 71.2 Å². The molecule has 1 atom stereocenters. The minimum atomic E-state index is -0.274. The van der Waals surface area contributed by atoms with E-state index in [0.29, 0.717) is 13.1 Å². The molecule has 1 aliphatic carbocycles. The van der Waals surface area contributed by atoms with Gasteiger partial charge in [0.15, 0.2) is 0 Å². The molecule has 28 heavy (non-hydrogen) atoms. The highest BCUT2D eigenvalue weighted by atomic mass is 16.2. The lowest BCUT2D eigenvalue weighted by molar-refractivity contribution is -0.148. The Labute approximate surface area is 169 Å². The van der Waals surface area contributed by atoms with Gasteiger partial charge in [-0.2, -0.15) is 0 Å². The van der Waals surface area contributed by atoms with Gasteiger partial charge < -0.3 is 14.7 Å². The maximum absolute atomic E-state index is 13.2. The van der Waals surface area contributed by atoms with E-state index in [9.17, 15) is 14.4 Å². The molecule has 2 saturated heterocycles. The van der Waals surface area contributed by atoms with Gasteiger partial charge in [0.1, 0.15) is 6.04 Å². The molecule has 2 aliphatic heterocycles. The van der Waals surface area contributed by atoms with Crippen molar-refractivity contribution in [2.45, 2.75) is 77.7 Å². The minimum absolute atomic E-state index is 0.0347. The number of piperidine rings is 1. The summed E-state index contributed by atoms with van der Waals surface area (Å²) in [5.41, 5.74) is 0. The van der Waals surface area contributed by atoms with Crippen LogP contribution in [0, 0.1) is 11.8 Å². The van der Waals surface area contributed by atoms with Gasteiger partial charge in [0.05, 0.1) is 0 Å². The molecule has 3 fully saturated rings. The molecule has 0 aromatic carbocycles. The maximum atomic E-state index is 13.2. The Balaban J connectivity index is 1.55. The van der Waals surface area contributed by atoms with E-state index in [1.54, 1.807) is 0 Å². The van der Waals surface area contributed by atoms with Crippen molar-refractivity contribution in [3.8, 4) is 0 Å². The van der Waals surface area contributed by atoms with Crippen LogP contribution in [-0.2, 0) is 14.4 Å². The predicted molar refractivity (Wildman–Crippen MR) is 109 cm³/mol. The van der Waals surface area contributed by atoms with Crippen LogP contribution in [0.25, 0.3) is 0 Å². The molecule has 1 unspecified atom stereocenters. The van der Waals surface area contributed by atoms with Crippen LogP contribution in [0.1, 0.15) is 71.6 Å². The molecule has 2 heterocycles. The number of rotatable bonds is 5. The summed E-state index contributed by atoms with van der Waals surface area (Å²) in [5.74, 6) is 0.705. The predicted octanol–water partition coefficient (Wildman–Crippen LogP) is 2.66. The summed E-state index contributed by atoms with van der Waals surface area (Å²) in [6, 6.07) is -0.274. The molecule has 3 aliphatic rings. The lowest BCUT2D eigenvalue weighted by Gasteiger charge is -2.37. The normalized spacial score (nSPS) is 24.4. The van der Waals surface area contributed by atoms with Crippen molar-refractivity contribution < 1.29 is 14.4 Å². The first-order valence-corrected chi connectivity index (χ1v) is 11.4. The summed E-state index contributed by atoms with van der Waals surface area (Å²) in [6.45, 7) is 7.51. The highest BCUT2D eigenvalue weighted by Crippen LogP contribution is 2.30. The average Bonchev–Trinajstić information content (AvgIpc) is 3.24. The summed E-state index contributed by atoms with van der Waals surface area (Å²) in [5, 5.41) is 0. The highest BCUT2D eigenvalue weighted by molar-refractivity contribution is 5.89. The molecule has 3 amide bonds. The molecule has 0 aromatic rings. The van der Waals surface area contributed by atoms with Crippen LogP contribution in [0.15, 0.2) is 0 Å². The fourth-order valence-corrected chi connectivity index (χ4v) is 5.22. The zero-order valence-corrected chi connectivity index (χ0v) is 17.7. The van der Waals surface area contributed by atoms with E-state index < -0.39 is 0 Å². The van der Waals surface area contributed by atoms with E-state index in [1.165, 1.54) is 6.42 Å². The van der Waals surface area contributed by atoms with Crippen LogP contribution in [0.4, 0.5) is 0 Å². The average molecular weight is 392 g/mol. The van der Waals surface area contributed by atoms with Gasteiger partial charge in [-0.3, -0.25) is 14.4 Å². The Kier molecular flexibility index (Phi) is 7.36. The van der Waals surface area contributed by atoms with Gasteiger partial charge >= 0.3 is 0 Å². The first kappa shape index (κ1) is 21.1. The van der Waals surface area contributed by atoms with E-state index in [1.807, 2.05) is 28.5 Å². The van der Waals surface area contributed by atoms with Crippen molar-refractivity contribution >= 4 is 17.7 Å². The minimum Gasteiger partial charge on any atom is -0.343 e. The summed E-state index contributed by atoms with van der Waals surface area (Å²) in [6.07, 6.45) is 8.65. The largest absolute Gasteiger partial charge is 0.343 e. The van der Waals surface area contributed by atoms with Gasteiger partial charge in [-0.15, -0.1) is 0 Å². The molecule has 0 N–H and O–H groups in total. The number of carbonyl (C=O) groups excluding carboxylic acids is 3. The van der Waals surface area contributed by atoms with Crippen LogP contribution in [0.5, 0.6) is 0 Å². The molecule has 6 heteroatoms. The van der Waals surface area contributed by atoms with E-state index >= 15 is 0 Å². The zero-order valence-electron chi connectivity index (χ0n) is 17.7. The monoisotopic (exact) mass is 391 g/mol. The standard InChI is InChI=1S/C22H37N3O3/c1-3-23(4-2)20(26)18-12-15-24(16-13-18)22(28)19-11-8-14-25(19)21(27)17-9-6-5-7-10-17/h17-19H,3-16H2,1-2H3. The molecule has 0 aromatic heterocycles. The second kappa shape index (κ2) is 9.75. The Bertz CT molecular complexity index is 561. The summed E-state index contributed by atoms with van der Waals surface area (Å²) in [7, 11) is 0. The van der Waals surface area contributed by atoms with E-state index in [0.717, 1.165) is 71.0 Å². The van der Waals surface area contributed by atoms with Gasteiger partial charge in [-0.05, 0) is 52.4 Å². The van der Waals surface area contributed by atoms with Crippen molar-refractivity contribution in [2.24, 2.45) is 11.8 Å². The van der Waals surface area contributed by atoms with Crippen molar-refractivity contribution in [3.05, 3.63) is 0 Å². The zero-order chi connectivity index (χ0) is 20.1. The Hall–Kier alpha value is -1.59. The third-order valence-electron chi connectivity index (χ3n) is 7.01. The maximum Gasteiger partial charge on any atom is 0.245 e. The van der Waals surface area contributed by atoms with Gasteiger partial charge in [0.2, 0.25) is 17.7 Å². The fourth-order valence-electron chi connectivity index (χ4n) is 5.22. The molecular weight excluding hydrogens is 354 g/mol. The van der Waals surface area contributed by atoms with Gasteiger partial charge in [-0.1, -0.05) is 19.3 Å². The first-order chi connectivity index (χ1) is 13.6. The lowest BCUT2D eigenvalue weighted by Crippen LogP contribution is -2.52. The van der Waals surface area contributed by atoms with Crippen molar-refractivity contribution in [1.29, 1.82) is 0 Å². The third-order valence-corrected chi connectivity index (χ3v) is 7.01. The quantitative estimate of drug-likeness (QED) is 0.724. The van der Waals surface area contributed by atoms with Crippen molar-refractivity contribution in [3.63, 3.8) is 0 Å². The summed E-state index contributed by atoms with van der Waals surface area (Å²) < 4.78 is 0. The number of likely N-dealkylation sites (tertiary alicyclic amines) is 2. The third kappa shape index (κ3) is 4.52. The molecule has 6 nitrogen and oxygen atoms in total. The smallest absolute Gasteiger partial charge is 0.245 e. The molecular formula is C22H37N3O3. The van der Waals surface area contributed by atoms with E-state index in [2.05, 4.69) is 0 Å². The van der Waals surface area contributed by atoms with Gasteiger partial charge in [0.25, 0.3) is 0 Å². The molecule has 0 radical (unpaired) electrons. The van der Waals surface area contributed by atoms with Crippen LogP contribution in [0.2, 0.25) is 0 Å². The SMILES string of the molecule is CCN(CC)C(=O)C1CCN(C(=O)C2CCCN2C(=O)C2CCCCC2)CC1. The molecule has 0 spiro atoms. The van der Waals surface area contributed by atoms with Crippen LogP contribution < -0.4 is 0 Å². The summed E-state index contributed by atoms with van der Waals surface area (Å²) in [4.78, 5) is 44.4. The first-order valence-electron chi connectivity index (χ1n) is 11.4. The van der Waals surface area contributed by atoms with Crippen molar-refractivity contribution in [1.82, 2.24) is 14.7 Å². The van der Waals surface area contributed by atoms with Crippen LogP contribution >= 0.6 is 0 Å². The Morgan fingerprint density at radius 1 is 0.750 bits per heavy atom. The van der Waals surface area contributed by atoms with Crippen molar-refractivity contribution in [2.75, 3.05) is 32.7 Å². The number of hydrogen-bond donors (Lipinski definition) is 0. The second-order valence-corrected chi connectivity index (χ2v) is 8.63. The molecule has 0 bridgehead atoms. The van der Waals surface area contributed by atoms with Gasteiger partial charge in [-0.25, -0.2) is 0 Å². The lowest BCUT2D eigenvalue weighted by atomic mass is 9.88. The number of amides is 3. The Morgan fingerprint density at radius 3 is 2.00 bits per heavy atom. The number of hydrogen-bond acceptors (Lipinski definition) is 3. The number of nitrogens with zero attached hydrogens (tertiary/aromatic N) is 3. The number of carbonyl (C=O) groups is 3.